The maximum atomic E-state index is 13.2. The fourth-order valence-corrected chi connectivity index (χ4v) is 4.23. The van der Waals surface area contributed by atoms with Crippen LogP contribution in [0, 0.1) is 5.92 Å². The van der Waals surface area contributed by atoms with E-state index >= 15 is 0 Å². The van der Waals surface area contributed by atoms with Gasteiger partial charge < -0.3 is 5.32 Å². The predicted molar refractivity (Wildman–Crippen MR) is 129 cm³/mol. The van der Waals surface area contributed by atoms with E-state index in [9.17, 15) is 14.4 Å². The lowest BCUT2D eigenvalue weighted by Gasteiger charge is -2.09. The van der Waals surface area contributed by atoms with Crippen molar-refractivity contribution < 1.29 is 9.59 Å². The molecule has 0 aliphatic heterocycles. The lowest BCUT2D eigenvalue weighted by molar-refractivity contribution is -0.118. The summed E-state index contributed by atoms with van der Waals surface area (Å²) >= 11 is 7.36. The van der Waals surface area contributed by atoms with Crippen LogP contribution >= 0.6 is 22.9 Å². The molecule has 0 saturated heterocycles. The van der Waals surface area contributed by atoms with Gasteiger partial charge in [0.05, 0.1) is 18.3 Å². The molecular weight excluding hydrogens is 446 g/mol. The van der Waals surface area contributed by atoms with Crippen molar-refractivity contribution in [1.29, 1.82) is 0 Å². The number of carbonyl (C=O) groups excluding carboxylic acids is 2. The largest absolute Gasteiger partial charge is 0.326 e. The van der Waals surface area contributed by atoms with Gasteiger partial charge >= 0.3 is 0 Å². The van der Waals surface area contributed by atoms with Gasteiger partial charge in [-0.25, -0.2) is 4.98 Å². The van der Waals surface area contributed by atoms with Gasteiger partial charge in [-0.3, -0.25) is 19.0 Å². The van der Waals surface area contributed by atoms with Gasteiger partial charge in [0, 0.05) is 33.1 Å². The summed E-state index contributed by atoms with van der Waals surface area (Å²) in [5, 5.41) is 5.77. The number of amides is 1. The number of ketones is 1. The fourth-order valence-electron chi connectivity index (χ4n) is 3.19. The number of nitrogens with one attached hydrogen (secondary N) is 1. The van der Waals surface area contributed by atoms with E-state index in [1.165, 1.54) is 22.2 Å². The molecule has 0 saturated carbocycles. The van der Waals surface area contributed by atoms with Gasteiger partial charge in [0.25, 0.3) is 5.56 Å². The normalized spacial score (nSPS) is 11.1. The average Bonchev–Trinajstić information content (AvgIpc) is 3.21. The van der Waals surface area contributed by atoms with Crippen molar-refractivity contribution >= 4 is 50.5 Å². The Hall–Kier alpha value is -3.29. The highest BCUT2D eigenvalue weighted by atomic mass is 35.5. The molecule has 0 unspecified atom stereocenters. The van der Waals surface area contributed by atoms with E-state index in [1.54, 1.807) is 36.4 Å². The van der Waals surface area contributed by atoms with Crippen LogP contribution in [0.15, 0.2) is 65.0 Å². The fraction of sp³-hybridized carbons (Fsp3) is 0.167. The molecule has 162 valence electrons. The summed E-state index contributed by atoms with van der Waals surface area (Å²) in [6, 6.07) is 13.9. The number of hydrogen-bond acceptors (Lipinski definition) is 5. The summed E-state index contributed by atoms with van der Waals surface area (Å²) in [4.78, 5) is 42.8. The van der Waals surface area contributed by atoms with Crippen molar-refractivity contribution in [3.05, 3.63) is 81.2 Å². The first-order valence-corrected chi connectivity index (χ1v) is 11.3. The molecule has 0 fully saturated rings. The second kappa shape index (κ2) is 9.06. The second-order valence-electron chi connectivity index (χ2n) is 7.66. The number of rotatable bonds is 6. The molecule has 0 spiro atoms. The highest BCUT2D eigenvalue weighted by molar-refractivity contribution is 7.17. The minimum Gasteiger partial charge on any atom is -0.326 e. The topological polar surface area (TPSA) is 81.1 Å². The zero-order valence-electron chi connectivity index (χ0n) is 17.5. The molecule has 2 aromatic heterocycles. The minimum atomic E-state index is -0.268. The first kappa shape index (κ1) is 21.9. The van der Waals surface area contributed by atoms with Crippen LogP contribution in [0.2, 0.25) is 5.02 Å². The molecule has 8 heteroatoms. The third-order valence-electron chi connectivity index (χ3n) is 5.03. The first-order valence-electron chi connectivity index (χ1n) is 10.00. The molecule has 1 amide bonds. The molecule has 0 aliphatic carbocycles. The van der Waals surface area contributed by atoms with Crippen LogP contribution in [-0.4, -0.2) is 21.2 Å². The zero-order valence-corrected chi connectivity index (χ0v) is 19.0. The summed E-state index contributed by atoms with van der Waals surface area (Å²) in [6.45, 7) is 3.48. The van der Waals surface area contributed by atoms with Crippen LogP contribution in [-0.2, 0) is 11.3 Å². The summed E-state index contributed by atoms with van der Waals surface area (Å²) < 4.78 is 1.32. The minimum absolute atomic E-state index is 0.0951. The highest BCUT2D eigenvalue weighted by Gasteiger charge is 2.16. The van der Waals surface area contributed by atoms with Crippen LogP contribution in [0.3, 0.4) is 0 Å². The van der Waals surface area contributed by atoms with Gasteiger partial charge in [0.2, 0.25) is 5.91 Å². The Morgan fingerprint density at radius 1 is 1.09 bits per heavy atom. The molecule has 1 N–H and O–H groups in total. The number of hydrogen-bond donors (Lipinski definition) is 1. The maximum Gasteiger partial charge on any atom is 0.263 e. The Kier molecular flexibility index (Phi) is 6.21. The number of Topliss-reactive ketones (excluding diaryl/α,β-unsaturated/α-hetero) is 1. The Morgan fingerprint density at radius 2 is 1.78 bits per heavy atom. The van der Waals surface area contributed by atoms with Gasteiger partial charge in [-0.15, -0.1) is 11.3 Å². The van der Waals surface area contributed by atoms with Gasteiger partial charge in [0.1, 0.15) is 4.83 Å². The number of nitrogens with zero attached hydrogens (tertiary/aromatic N) is 2. The molecule has 4 rings (SSSR count). The monoisotopic (exact) mass is 465 g/mol. The summed E-state index contributed by atoms with van der Waals surface area (Å²) in [7, 11) is 0. The number of anilines is 1. The van der Waals surface area contributed by atoms with Crippen LogP contribution < -0.4 is 10.9 Å². The van der Waals surface area contributed by atoms with Gasteiger partial charge in [-0.2, -0.15) is 0 Å². The lowest BCUT2D eigenvalue weighted by Crippen LogP contribution is -2.24. The van der Waals surface area contributed by atoms with Crippen molar-refractivity contribution in [1.82, 2.24) is 9.55 Å². The maximum absolute atomic E-state index is 13.2. The molecule has 32 heavy (non-hydrogen) atoms. The number of benzene rings is 2. The number of aromatic nitrogens is 2. The van der Waals surface area contributed by atoms with Crippen molar-refractivity contribution in [2.24, 2.45) is 5.92 Å². The summed E-state index contributed by atoms with van der Waals surface area (Å²) in [5.74, 6) is -0.457. The average molecular weight is 466 g/mol. The molecule has 6 nitrogen and oxygen atoms in total. The highest BCUT2D eigenvalue weighted by Crippen LogP contribution is 2.31. The molecular formula is C24H20ClN3O3S. The Balaban J connectivity index is 1.59. The molecule has 2 aromatic carbocycles. The van der Waals surface area contributed by atoms with E-state index in [-0.39, 0.29) is 29.7 Å². The van der Waals surface area contributed by atoms with Crippen molar-refractivity contribution in [2.75, 3.05) is 5.32 Å². The lowest BCUT2D eigenvalue weighted by atomic mass is 10.1. The van der Waals surface area contributed by atoms with E-state index in [2.05, 4.69) is 10.3 Å². The van der Waals surface area contributed by atoms with E-state index < -0.39 is 0 Å². The van der Waals surface area contributed by atoms with Crippen LogP contribution in [0.1, 0.15) is 24.2 Å². The van der Waals surface area contributed by atoms with E-state index in [0.29, 0.717) is 26.5 Å². The Labute approximate surface area is 193 Å². The summed E-state index contributed by atoms with van der Waals surface area (Å²) in [5.41, 5.74) is 2.43. The third kappa shape index (κ3) is 4.49. The van der Waals surface area contributed by atoms with Crippen molar-refractivity contribution in [2.45, 2.75) is 20.4 Å². The van der Waals surface area contributed by atoms with E-state index in [4.69, 9.17) is 11.6 Å². The number of halogens is 1. The smallest absolute Gasteiger partial charge is 0.263 e. The van der Waals surface area contributed by atoms with Crippen LogP contribution in [0.25, 0.3) is 21.3 Å². The standard InChI is InChI=1S/C24H20ClN3O3S/c1-14(2)22(30)27-18-9-5-16(6-10-18)20(29)11-28-13-26-23-21(24(28)31)19(12-32-23)15-3-7-17(25)8-4-15/h3-10,12-14H,11H2,1-2H3,(H,27,30). The quantitative estimate of drug-likeness (QED) is 0.394. The SMILES string of the molecule is CC(C)C(=O)Nc1ccc(C(=O)Cn2cnc3scc(-c4ccc(Cl)cc4)c3c2=O)cc1. The predicted octanol–water partition coefficient (Wildman–Crippen LogP) is 5.26. The van der Waals surface area contributed by atoms with Crippen LogP contribution in [0.5, 0.6) is 0 Å². The zero-order chi connectivity index (χ0) is 22.8. The third-order valence-corrected chi connectivity index (χ3v) is 6.17. The van der Waals surface area contributed by atoms with Gasteiger partial charge in [-0.05, 0) is 42.0 Å². The van der Waals surface area contributed by atoms with Crippen LogP contribution in [0.4, 0.5) is 5.69 Å². The molecule has 0 bridgehead atoms. The first-order chi connectivity index (χ1) is 15.3. The number of fused-ring (bicyclic) bond motifs is 1. The molecule has 4 aromatic rings. The van der Waals surface area contributed by atoms with Gasteiger partial charge in [-0.1, -0.05) is 37.6 Å². The van der Waals surface area contributed by atoms with E-state index in [0.717, 1.165) is 11.1 Å². The van der Waals surface area contributed by atoms with E-state index in [1.807, 2.05) is 31.4 Å². The van der Waals surface area contributed by atoms with Crippen molar-refractivity contribution in [3.8, 4) is 11.1 Å². The molecule has 0 radical (unpaired) electrons. The molecule has 0 aliphatic rings. The summed E-state index contributed by atoms with van der Waals surface area (Å²) in [6.07, 6.45) is 1.40. The van der Waals surface area contributed by atoms with Gasteiger partial charge in [0.15, 0.2) is 5.78 Å². The molecule has 2 heterocycles. The Bertz CT molecular complexity index is 1360. The van der Waals surface area contributed by atoms with Crippen molar-refractivity contribution in [3.63, 3.8) is 0 Å². The molecule has 0 atom stereocenters. The second-order valence-corrected chi connectivity index (χ2v) is 8.95. The number of carbonyl (C=O) groups is 2. The Morgan fingerprint density at radius 3 is 2.44 bits per heavy atom. The number of thiophene rings is 1.